The number of aromatic nitrogens is 1. The molecule has 1 aliphatic rings. The summed E-state index contributed by atoms with van der Waals surface area (Å²) in [6.45, 7) is 2.05. The van der Waals surface area contributed by atoms with Crippen molar-refractivity contribution >= 4 is 28.5 Å². The van der Waals surface area contributed by atoms with Crippen LogP contribution in [0.4, 0.5) is 9.93 Å². The van der Waals surface area contributed by atoms with Gasteiger partial charge < -0.3 is 10.1 Å². The van der Waals surface area contributed by atoms with Gasteiger partial charge in [-0.15, -0.1) is 11.3 Å². The van der Waals surface area contributed by atoms with Crippen LogP contribution in [0, 0.1) is 0 Å². The summed E-state index contributed by atoms with van der Waals surface area (Å²) in [5.41, 5.74) is 1.50. The van der Waals surface area contributed by atoms with Gasteiger partial charge >= 0.3 is 6.09 Å². The number of nitrogens with one attached hydrogen (secondary N) is 1. The number of anilines is 1. The van der Waals surface area contributed by atoms with Crippen molar-refractivity contribution in [3.05, 3.63) is 59.1 Å². The molecule has 1 aliphatic heterocycles. The molecule has 1 unspecified atom stereocenters. The maximum absolute atomic E-state index is 12.2. The summed E-state index contributed by atoms with van der Waals surface area (Å²) in [6, 6.07) is 9.52. The highest BCUT2D eigenvalue weighted by Crippen LogP contribution is 2.28. The van der Waals surface area contributed by atoms with Crippen molar-refractivity contribution in [3.63, 3.8) is 0 Å². The van der Waals surface area contributed by atoms with Crippen molar-refractivity contribution in [1.29, 1.82) is 0 Å². The predicted octanol–water partition coefficient (Wildman–Crippen LogP) is 2.69. The first kappa shape index (κ1) is 15.2. The van der Waals surface area contributed by atoms with Crippen molar-refractivity contribution in [1.82, 2.24) is 10.3 Å². The molecule has 0 aliphatic carbocycles. The zero-order valence-corrected chi connectivity index (χ0v) is 13.2. The number of nitrogens with zero attached hydrogens (tertiary/aromatic N) is 2. The second-order valence-electron chi connectivity index (χ2n) is 4.97. The first-order valence-corrected chi connectivity index (χ1v) is 7.93. The molecule has 1 atom stereocenters. The number of ether oxygens (including phenoxy) is 1. The molecule has 2 aromatic rings. The molecular formula is C16H15N3O3S. The largest absolute Gasteiger partial charge is 0.421 e. The average molecular weight is 329 g/mol. The first-order valence-electron chi connectivity index (χ1n) is 7.05. The minimum absolute atomic E-state index is 0.208. The zero-order valence-electron chi connectivity index (χ0n) is 12.4. The smallest absolute Gasteiger partial charge is 0.409 e. The second kappa shape index (κ2) is 6.62. The van der Waals surface area contributed by atoms with Crippen LogP contribution >= 0.6 is 11.3 Å². The Bertz CT molecular complexity index is 728. The van der Waals surface area contributed by atoms with Gasteiger partial charge in [-0.1, -0.05) is 30.3 Å². The van der Waals surface area contributed by atoms with Gasteiger partial charge in [0.15, 0.2) is 5.13 Å². The van der Waals surface area contributed by atoms with E-state index in [1.807, 2.05) is 30.3 Å². The van der Waals surface area contributed by atoms with E-state index < -0.39 is 12.3 Å². The molecule has 6 nitrogen and oxygen atoms in total. The first-order chi connectivity index (χ1) is 11.1. The molecule has 1 aromatic heterocycles. The SMILES string of the molecule is CC1=CC(OC(=O)NCc2ccccc2)N(c2nccs2)C1=O. The Hall–Kier alpha value is -2.67. The highest BCUT2D eigenvalue weighted by atomic mass is 32.1. The van der Waals surface area contributed by atoms with Crippen LogP contribution in [0.1, 0.15) is 12.5 Å². The summed E-state index contributed by atoms with van der Waals surface area (Å²) < 4.78 is 5.36. The van der Waals surface area contributed by atoms with Gasteiger partial charge in [0.05, 0.1) is 0 Å². The van der Waals surface area contributed by atoms with E-state index in [2.05, 4.69) is 10.3 Å². The van der Waals surface area contributed by atoms with Crippen LogP contribution in [0.15, 0.2) is 53.6 Å². The minimum Gasteiger partial charge on any atom is -0.421 e. The fraction of sp³-hybridized carbons (Fsp3) is 0.188. The third-order valence-corrected chi connectivity index (χ3v) is 4.11. The summed E-state index contributed by atoms with van der Waals surface area (Å²) in [6.07, 6.45) is 1.86. The van der Waals surface area contributed by atoms with Gasteiger partial charge in [0.25, 0.3) is 5.91 Å². The van der Waals surface area contributed by atoms with Crippen LogP contribution < -0.4 is 10.2 Å². The van der Waals surface area contributed by atoms with Crippen LogP contribution in [-0.4, -0.2) is 23.2 Å². The third kappa shape index (κ3) is 3.40. The molecule has 0 spiro atoms. The number of carbonyl (C=O) groups excluding carboxylic acids is 2. The Morgan fingerprint density at radius 3 is 2.87 bits per heavy atom. The molecule has 0 saturated carbocycles. The van der Waals surface area contributed by atoms with E-state index in [-0.39, 0.29) is 5.91 Å². The van der Waals surface area contributed by atoms with Crippen LogP contribution in [0.2, 0.25) is 0 Å². The van der Waals surface area contributed by atoms with Gasteiger partial charge in [-0.3, -0.25) is 4.79 Å². The van der Waals surface area contributed by atoms with Gasteiger partial charge in [-0.2, -0.15) is 0 Å². The fourth-order valence-corrected chi connectivity index (χ4v) is 2.87. The van der Waals surface area contributed by atoms with Gasteiger partial charge in [0.1, 0.15) is 0 Å². The Morgan fingerprint density at radius 1 is 1.39 bits per heavy atom. The molecule has 1 N–H and O–H groups in total. The van der Waals surface area contributed by atoms with Crippen LogP contribution in [0.3, 0.4) is 0 Å². The molecule has 0 saturated heterocycles. The van der Waals surface area contributed by atoms with E-state index in [4.69, 9.17) is 4.74 Å². The Balaban J connectivity index is 1.63. The van der Waals surface area contributed by atoms with Gasteiger partial charge in [0.2, 0.25) is 6.23 Å². The monoisotopic (exact) mass is 329 g/mol. The van der Waals surface area contributed by atoms with Crippen molar-refractivity contribution in [3.8, 4) is 0 Å². The molecule has 118 valence electrons. The number of rotatable bonds is 4. The average Bonchev–Trinajstić information content (AvgIpc) is 3.16. The van der Waals surface area contributed by atoms with E-state index in [1.54, 1.807) is 24.6 Å². The Morgan fingerprint density at radius 2 is 2.17 bits per heavy atom. The molecule has 2 heterocycles. The number of thiazole rings is 1. The maximum Gasteiger partial charge on any atom is 0.409 e. The molecule has 7 heteroatoms. The normalized spacial score (nSPS) is 17.1. The summed E-state index contributed by atoms with van der Waals surface area (Å²) in [4.78, 5) is 29.7. The number of alkyl carbamates (subject to hydrolysis) is 1. The standard InChI is InChI=1S/C16H15N3O3S/c1-11-9-13(19(14(11)20)15-17-7-8-23-15)22-16(21)18-10-12-5-3-2-4-6-12/h2-9,13H,10H2,1H3,(H,18,21). The van der Waals surface area contributed by atoms with E-state index in [1.165, 1.54) is 16.2 Å². The van der Waals surface area contributed by atoms with Crippen LogP contribution in [-0.2, 0) is 16.1 Å². The minimum atomic E-state index is -0.774. The van der Waals surface area contributed by atoms with E-state index >= 15 is 0 Å². The Kier molecular flexibility index (Phi) is 4.38. The number of hydrogen-bond acceptors (Lipinski definition) is 5. The lowest BCUT2D eigenvalue weighted by atomic mass is 10.2. The highest BCUT2D eigenvalue weighted by molar-refractivity contribution is 7.13. The topological polar surface area (TPSA) is 71.5 Å². The quantitative estimate of drug-likeness (QED) is 0.936. The third-order valence-electron chi connectivity index (χ3n) is 3.34. The fourth-order valence-electron chi connectivity index (χ4n) is 2.20. The molecule has 3 rings (SSSR count). The molecule has 0 bridgehead atoms. The van der Waals surface area contributed by atoms with Crippen LogP contribution in [0.5, 0.6) is 0 Å². The van der Waals surface area contributed by atoms with Gasteiger partial charge in [-0.05, 0) is 18.6 Å². The van der Waals surface area contributed by atoms with E-state index in [9.17, 15) is 9.59 Å². The van der Waals surface area contributed by atoms with Crippen molar-refractivity contribution < 1.29 is 14.3 Å². The summed E-state index contributed by atoms with van der Waals surface area (Å²) in [5, 5.41) is 4.95. The lowest BCUT2D eigenvalue weighted by Crippen LogP contribution is -2.39. The summed E-state index contributed by atoms with van der Waals surface area (Å²) >= 11 is 1.32. The molecule has 2 amide bonds. The molecule has 0 fully saturated rings. The van der Waals surface area contributed by atoms with Crippen molar-refractivity contribution in [2.24, 2.45) is 0 Å². The lowest BCUT2D eigenvalue weighted by Gasteiger charge is -2.22. The maximum atomic E-state index is 12.2. The van der Waals surface area contributed by atoms with Crippen molar-refractivity contribution in [2.75, 3.05) is 4.90 Å². The number of benzene rings is 1. The summed E-state index contributed by atoms with van der Waals surface area (Å²) in [7, 11) is 0. The Labute approximate surface area is 137 Å². The molecular weight excluding hydrogens is 314 g/mol. The highest BCUT2D eigenvalue weighted by Gasteiger charge is 2.35. The van der Waals surface area contributed by atoms with Gasteiger partial charge in [-0.25, -0.2) is 14.7 Å². The number of amides is 2. The van der Waals surface area contributed by atoms with E-state index in [0.29, 0.717) is 17.2 Å². The van der Waals surface area contributed by atoms with Gasteiger partial charge in [0, 0.05) is 23.7 Å². The zero-order chi connectivity index (χ0) is 16.2. The van der Waals surface area contributed by atoms with E-state index in [0.717, 1.165) is 5.56 Å². The number of hydrogen-bond donors (Lipinski definition) is 1. The second-order valence-corrected chi connectivity index (χ2v) is 5.85. The molecule has 0 radical (unpaired) electrons. The molecule has 1 aromatic carbocycles. The number of carbonyl (C=O) groups is 2. The lowest BCUT2D eigenvalue weighted by molar-refractivity contribution is -0.115. The molecule has 23 heavy (non-hydrogen) atoms. The van der Waals surface area contributed by atoms with Crippen molar-refractivity contribution in [2.45, 2.75) is 19.7 Å². The predicted molar refractivity (Wildman–Crippen MR) is 86.9 cm³/mol. The summed E-state index contributed by atoms with van der Waals surface area (Å²) in [5.74, 6) is -0.208. The van der Waals surface area contributed by atoms with Crippen LogP contribution in [0.25, 0.3) is 0 Å².